The molecule has 0 aliphatic heterocycles. The third-order valence-corrected chi connectivity index (χ3v) is 5.96. The lowest BCUT2D eigenvalue weighted by atomic mass is 9.80. The quantitative estimate of drug-likeness (QED) is 0.804. The van der Waals surface area contributed by atoms with E-state index in [9.17, 15) is 5.26 Å². The molecule has 2 aromatic heterocycles. The Kier molecular flexibility index (Phi) is 4.77. The van der Waals surface area contributed by atoms with Crippen LogP contribution in [0.5, 0.6) is 0 Å². The van der Waals surface area contributed by atoms with Crippen molar-refractivity contribution in [3.05, 3.63) is 16.4 Å². The van der Waals surface area contributed by atoms with E-state index in [0.29, 0.717) is 11.6 Å². The predicted molar refractivity (Wildman–Crippen MR) is 89.2 cm³/mol. The van der Waals surface area contributed by atoms with Crippen molar-refractivity contribution in [1.82, 2.24) is 14.6 Å². The van der Waals surface area contributed by atoms with Crippen LogP contribution < -0.4 is 0 Å². The van der Waals surface area contributed by atoms with E-state index >= 15 is 0 Å². The highest BCUT2D eigenvalue weighted by Crippen LogP contribution is 2.39. The van der Waals surface area contributed by atoms with Crippen LogP contribution in [0.25, 0.3) is 4.96 Å². The van der Waals surface area contributed by atoms with Crippen molar-refractivity contribution < 1.29 is 0 Å². The average Bonchev–Trinajstić information content (AvgIpc) is 3.10. The summed E-state index contributed by atoms with van der Waals surface area (Å²) in [6.07, 6.45) is 10.0. The summed E-state index contributed by atoms with van der Waals surface area (Å²) in [5.41, 5.74) is 1.49. The molecule has 0 spiro atoms. The van der Waals surface area contributed by atoms with Gasteiger partial charge in [0.15, 0.2) is 5.69 Å². The van der Waals surface area contributed by atoms with E-state index in [-0.39, 0.29) is 0 Å². The second kappa shape index (κ2) is 6.78. The van der Waals surface area contributed by atoms with Crippen LogP contribution in [0, 0.1) is 17.2 Å². The molecule has 0 radical (unpaired) electrons. The largest absolute Gasteiger partial charge is 0.221 e. The lowest BCUT2D eigenvalue weighted by molar-refractivity contribution is 0.303. The number of fused-ring (bicyclic) bond motifs is 1. The summed E-state index contributed by atoms with van der Waals surface area (Å²) >= 11 is 1.68. The Labute approximate surface area is 136 Å². The minimum Gasteiger partial charge on any atom is -0.221 e. The molecule has 1 saturated carbocycles. The lowest BCUT2D eigenvalue weighted by Crippen LogP contribution is -2.13. The van der Waals surface area contributed by atoms with E-state index < -0.39 is 0 Å². The summed E-state index contributed by atoms with van der Waals surface area (Å²) in [6, 6.07) is 2.26. The zero-order chi connectivity index (χ0) is 15.5. The van der Waals surface area contributed by atoms with Crippen molar-refractivity contribution in [3.8, 4) is 6.07 Å². The summed E-state index contributed by atoms with van der Waals surface area (Å²) in [4.78, 5) is 5.46. The molecule has 0 saturated heterocycles. The topological polar surface area (TPSA) is 54.0 Å². The van der Waals surface area contributed by atoms with Crippen LogP contribution in [0.1, 0.15) is 81.1 Å². The molecule has 1 aliphatic carbocycles. The van der Waals surface area contributed by atoms with Gasteiger partial charge in [-0.1, -0.05) is 44.4 Å². The predicted octanol–water partition coefficient (Wildman–Crippen LogP) is 4.69. The molecule has 0 N–H and O–H groups in total. The number of hydrogen-bond donors (Lipinski definition) is 0. The molecule has 5 heteroatoms. The first-order valence-electron chi connectivity index (χ1n) is 8.55. The number of aryl methyl sites for hydroxylation is 1. The van der Waals surface area contributed by atoms with Crippen molar-refractivity contribution in [3.63, 3.8) is 0 Å². The van der Waals surface area contributed by atoms with Gasteiger partial charge in [-0.25, -0.2) is 4.98 Å². The van der Waals surface area contributed by atoms with Crippen molar-refractivity contribution in [1.29, 1.82) is 5.26 Å². The Hall–Kier alpha value is -1.41. The Bertz CT molecular complexity index is 671. The summed E-state index contributed by atoms with van der Waals surface area (Å²) in [5, 5.41) is 15.2. The Morgan fingerprint density at radius 1 is 1.27 bits per heavy atom. The maximum absolute atomic E-state index is 9.33. The number of nitrogens with zero attached hydrogens (tertiary/aromatic N) is 4. The number of nitriles is 1. The number of aromatic nitrogens is 3. The van der Waals surface area contributed by atoms with Crippen molar-refractivity contribution in [2.75, 3.05) is 0 Å². The molecule has 1 aliphatic rings. The zero-order valence-corrected chi connectivity index (χ0v) is 14.3. The van der Waals surface area contributed by atoms with E-state index in [1.165, 1.54) is 50.0 Å². The molecular formula is C17H24N4S. The first kappa shape index (κ1) is 15.5. The van der Waals surface area contributed by atoms with Gasteiger partial charge >= 0.3 is 0 Å². The molecule has 1 fully saturated rings. The molecule has 0 bridgehead atoms. The zero-order valence-electron chi connectivity index (χ0n) is 13.5. The Morgan fingerprint density at radius 3 is 2.68 bits per heavy atom. The second-order valence-electron chi connectivity index (χ2n) is 6.37. The average molecular weight is 316 g/mol. The number of imidazole rings is 1. The molecule has 3 rings (SSSR count). The molecule has 118 valence electrons. The van der Waals surface area contributed by atoms with Gasteiger partial charge in [-0.2, -0.15) is 14.9 Å². The molecule has 2 aromatic rings. The fourth-order valence-corrected chi connectivity index (χ4v) is 4.61. The standard InChI is InChI=1S/C17H24N4S/c1-3-5-6-12-7-9-13(10-8-12)16-20-21-15(11-18)14(4-2)19-17(21)22-16/h12-13H,3-10H2,1-2H3. The van der Waals surface area contributed by atoms with Gasteiger partial charge in [0.05, 0.1) is 5.69 Å². The molecule has 2 heterocycles. The molecule has 0 atom stereocenters. The van der Waals surface area contributed by atoms with Gasteiger partial charge in [0.1, 0.15) is 11.1 Å². The molecule has 4 nitrogen and oxygen atoms in total. The van der Waals surface area contributed by atoms with Crippen LogP contribution in [0.3, 0.4) is 0 Å². The van der Waals surface area contributed by atoms with Crippen LogP contribution in [0.4, 0.5) is 0 Å². The molecule has 22 heavy (non-hydrogen) atoms. The highest BCUT2D eigenvalue weighted by molar-refractivity contribution is 7.16. The van der Waals surface area contributed by atoms with Crippen LogP contribution in [0.15, 0.2) is 0 Å². The fraction of sp³-hybridized carbons (Fsp3) is 0.706. The molecular weight excluding hydrogens is 292 g/mol. The Balaban J connectivity index is 1.73. The van der Waals surface area contributed by atoms with E-state index in [2.05, 4.69) is 18.0 Å². The van der Waals surface area contributed by atoms with Crippen molar-refractivity contribution in [2.45, 2.75) is 71.1 Å². The first-order chi connectivity index (χ1) is 10.8. The van der Waals surface area contributed by atoms with E-state index in [0.717, 1.165) is 23.0 Å². The SMILES string of the molecule is CCCCC1CCC(c2nn3c(C#N)c(CC)nc3s2)CC1. The van der Waals surface area contributed by atoms with Gasteiger partial charge < -0.3 is 0 Å². The third-order valence-electron chi connectivity index (χ3n) is 4.89. The molecule has 0 unspecified atom stereocenters. The fourth-order valence-electron chi connectivity index (χ4n) is 3.52. The second-order valence-corrected chi connectivity index (χ2v) is 7.35. The summed E-state index contributed by atoms with van der Waals surface area (Å²) in [6.45, 7) is 4.31. The summed E-state index contributed by atoms with van der Waals surface area (Å²) < 4.78 is 1.77. The maximum atomic E-state index is 9.33. The first-order valence-corrected chi connectivity index (χ1v) is 9.36. The van der Waals surface area contributed by atoms with Gasteiger partial charge in [0.2, 0.25) is 4.96 Å². The Morgan fingerprint density at radius 2 is 2.05 bits per heavy atom. The molecule has 0 aromatic carbocycles. The van der Waals surface area contributed by atoms with E-state index in [1.54, 1.807) is 15.9 Å². The lowest BCUT2D eigenvalue weighted by Gasteiger charge is -2.26. The van der Waals surface area contributed by atoms with Gasteiger partial charge in [-0.3, -0.25) is 0 Å². The van der Waals surface area contributed by atoms with E-state index in [1.807, 2.05) is 6.92 Å². The smallest absolute Gasteiger partial charge is 0.213 e. The number of unbranched alkanes of at least 4 members (excludes halogenated alkanes) is 1. The third kappa shape index (κ3) is 2.89. The van der Waals surface area contributed by atoms with E-state index in [4.69, 9.17) is 5.10 Å². The maximum Gasteiger partial charge on any atom is 0.213 e. The number of hydrogen-bond acceptors (Lipinski definition) is 4. The van der Waals surface area contributed by atoms with Gasteiger partial charge in [-0.05, 0) is 38.0 Å². The minimum atomic E-state index is 0.571. The number of rotatable bonds is 5. The summed E-state index contributed by atoms with van der Waals surface area (Å²) in [5.74, 6) is 1.49. The van der Waals surface area contributed by atoms with Crippen LogP contribution in [0.2, 0.25) is 0 Å². The highest BCUT2D eigenvalue weighted by Gasteiger charge is 2.26. The van der Waals surface area contributed by atoms with Crippen LogP contribution >= 0.6 is 11.3 Å². The van der Waals surface area contributed by atoms with Crippen molar-refractivity contribution >= 4 is 16.3 Å². The van der Waals surface area contributed by atoms with Crippen molar-refractivity contribution in [2.24, 2.45) is 5.92 Å². The van der Waals surface area contributed by atoms with Crippen LogP contribution in [-0.4, -0.2) is 14.6 Å². The monoisotopic (exact) mass is 316 g/mol. The van der Waals surface area contributed by atoms with Gasteiger partial charge in [-0.15, -0.1) is 0 Å². The molecule has 0 amide bonds. The normalized spacial score (nSPS) is 22.0. The van der Waals surface area contributed by atoms with Gasteiger partial charge in [0.25, 0.3) is 0 Å². The van der Waals surface area contributed by atoms with Crippen LogP contribution in [-0.2, 0) is 6.42 Å². The summed E-state index contributed by atoms with van der Waals surface area (Å²) in [7, 11) is 0. The highest BCUT2D eigenvalue weighted by atomic mass is 32.1. The van der Waals surface area contributed by atoms with Gasteiger partial charge in [0, 0.05) is 5.92 Å². The minimum absolute atomic E-state index is 0.571.